The van der Waals surface area contributed by atoms with Gasteiger partial charge in [0, 0.05) is 11.1 Å². The molecule has 3 aromatic carbocycles. The van der Waals surface area contributed by atoms with E-state index in [1.807, 2.05) is 19.1 Å². The third-order valence-electron chi connectivity index (χ3n) is 7.38. The van der Waals surface area contributed by atoms with Gasteiger partial charge in [-0.05, 0) is 72.1 Å². The van der Waals surface area contributed by atoms with Crippen LogP contribution < -0.4 is 4.74 Å². The molecule has 0 fully saturated rings. The van der Waals surface area contributed by atoms with Crippen LogP contribution >= 0.6 is 0 Å². The van der Waals surface area contributed by atoms with Crippen molar-refractivity contribution in [2.24, 2.45) is 5.92 Å². The summed E-state index contributed by atoms with van der Waals surface area (Å²) in [6, 6.07) is 15.3. The van der Waals surface area contributed by atoms with E-state index in [9.17, 15) is 8.78 Å². The lowest BCUT2D eigenvalue weighted by Gasteiger charge is -2.22. The summed E-state index contributed by atoms with van der Waals surface area (Å²) < 4.78 is 49.7. The highest BCUT2D eigenvalue weighted by atomic mass is 19.2. The molecule has 0 radical (unpaired) electrons. The first-order valence-electron chi connectivity index (χ1n) is 13.7. The van der Waals surface area contributed by atoms with Gasteiger partial charge in [-0.3, -0.25) is 0 Å². The summed E-state index contributed by atoms with van der Waals surface area (Å²) in [6.07, 6.45) is 12.4. The fourth-order valence-corrected chi connectivity index (χ4v) is 5.07. The zero-order valence-electron chi connectivity index (χ0n) is 22.0. The Hall–Kier alpha value is -3.01. The highest BCUT2D eigenvalue weighted by Gasteiger charge is 2.18. The first kappa shape index (κ1) is 27.0. The van der Waals surface area contributed by atoms with Crippen molar-refractivity contribution in [3.05, 3.63) is 83.7 Å². The number of ether oxygens (including phenoxy) is 1. The van der Waals surface area contributed by atoms with Crippen LogP contribution in [0.3, 0.4) is 0 Å². The summed E-state index contributed by atoms with van der Waals surface area (Å²) in [5, 5.41) is 0. The van der Waals surface area contributed by atoms with Crippen molar-refractivity contribution in [2.45, 2.75) is 71.6 Å². The summed E-state index contributed by atoms with van der Waals surface area (Å²) in [5.74, 6) is -1.52. The summed E-state index contributed by atoms with van der Waals surface area (Å²) in [7, 11) is 0. The molecule has 4 rings (SSSR count). The fraction of sp³-hybridized carbons (Fsp3) is 0.394. The first-order chi connectivity index (χ1) is 18.0. The molecule has 0 saturated carbocycles. The third kappa shape index (κ3) is 6.66. The predicted molar refractivity (Wildman–Crippen MR) is 147 cm³/mol. The normalized spacial score (nSPS) is 15.5. The molecule has 0 aliphatic heterocycles. The second kappa shape index (κ2) is 13.0. The zero-order valence-corrected chi connectivity index (χ0v) is 22.0. The second-order valence-electron chi connectivity index (χ2n) is 10.1. The van der Waals surface area contributed by atoms with Gasteiger partial charge in [0.1, 0.15) is 5.82 Å². The van der Waals surface area contributed by atoms with E-state index in [2.05, 4.69) is 13.0 Å². The Morgan fingerprint density at radius 1 is 0.757 bits per heavy atom. The molecule has 1 unspecified atom stereocenters. The molecule has 196 valence electrons. The average Bonchev–Trinajstić information content (AvgIpc) is 2.92. The van der Waals surface area contributed by atoms with Gasteiger partial charge < -0.3 is 4.74 Å². The molecule has 0 bridgehead atoms. The van der Waals surface area contributed by atoms with Crippen LogP contribution in [0.2, 0.25) is 0 Å². The zero-order chi connectivity index (χ0) is 26.2. The van der Waals surface area contributed by atoms with Crippen molar-refractivity contribution < 1.29 is 17.9 Å². The molecule has 0 N–H and O–H groups in total. The monoisotopic (exact) mass is 506 g/mol. The molecule has 0 heterocycles. The van der Waals surface area contributed by atoms with Gasteiger partial charge in [-0.25, -0.2) is 8.78 Å². The van der Waals surface area contributed by atoms with Gasteiger partial charge in [0.2, 0.25) is 5.82 Å². The molecular formula is C33H37F3O. The number of rotatable bonds is 11. The van der Waals surface area contributed by atoms with E-state index in [4.69, 9.17) is 4.74 Å². The van der Waals surface area contributed by atoms with Crippen molar-refractivity contribution in [2.75, 3.05) is 6.61 Å². The number of allylic oxidation sites excluding steroid dienone is 2. The van der Waals surface area contributed by atoms with Crippen LogP contribution in [0.4, 0.5) is 13.2 Å². The molecule has 0 saturated heterocycles. The number of hydrogen-bond donors (Lipinski definition) is 0. The lowest BCUT2D eigenvalue weighted by molar-refractivity contribution is 0.289. The largest absolute Gasteiger partial charge is 0.490 e. The number of benzene rings is 3. The molecule has 4 heteroatoms. The molecule has 0 spiro atoms. The van der Waals surface area contributed by atoms with Crippen LogP contribution in [0.15, 0.2) is 60.7 Å². The van der Waals surface area contributed by atoms with Crippen molar-refractivity contribution in [1.29, 1.82) is 0 Å². The van der Waals surface area contributed by atoms with Gasteiger partial charge in [0.05, 0.1) is 6.61 Å². The lowest BCUT2D eigenvalue weighted by Crippen LogP contribution is -2.05. The van der Waals surface area contributed by atoms with E-state index in [1.165, 1.54) is 49.8 Å². The van der Waals surface area contributed by atoms with Gasteiger partial charge in [-0.15, -0.1) is 0 Å². The van der Waals surface area contributed by atoms with E-state index in [1.54, 1.807) is 30.3 Å². The Labute approximate surface area is 219 Å². The van der Waals surface area contributed by atoms with Crippen LogP contribution in [0.25, 0.3) is 27.8 Å². The minimum Gasteiger partial charge on any atom is -0.490 e. The van der Waals surface area contributed by atoms with Crippen molar-refractivity contribution in [1.82, 2.24) is 0 Å². The maximum Gasteiger partial charge on any atom is 0.201 e. The minimum atomic E-state index is -0.983. The maximum absolute atomic E-state index is 15.1. The molecule has 37 heavy (non-hydrogen) atoms. The molecule has 1 aliphatic carbocycles. The average molecular weight is 507 g/mol. The Bertz CT molecular complexity index is 1210. The molecular weight excluding hydrogens is 469 g/mol. The van der Waals surface area contributed by atoms with E-state index >= 15 is 4.39 Å². The van der Waals surface area contributed by atoms with Gasteiger partial charge >= 0.3 is 0 Å². The van der Waals surface area contributed by atoms with E-state index in [0.29, 0.717) is 23.3 Å². The third-order valence-corrected chi connectivity index (χ3v) is 7.38. The molecule has 1 aliphatic rings. The van der Waals surface area contributed by atoms with Gasteiger partial charge in [-0.1, -0.05) is 88.4 Å². The van der Waals surface area contributed by atoms with Crippen LogP contribution in [-0.4, -0.2) is 6.61 Å². The second-order valence-corrected chi connectivity index (χ2v) is 10.1. The van der Waals surface area contributed by atoms with Crippen LogP contribution in [0.5, 0.6) is 5.75 Å². The van der Waals surface area contributed by atoms with Gasteiger partial charge in [0.15, 0.2) is 11.6 Å². The fourth-order valence-electron chi connectivity index (χ4n) is 5.07. The van der Waals surface area contributed by atoms with Gasteiger partial charge in [0.25, 0.3) is 0 Å². The Morgan fingerprint density at radius 2 is 1.43 bits per heavy atom. The van der Waals surface area contributed by atoms with E-state index in [-0.39, 0.29) is 17.1 Å². The highest BCUT2D eigenvalue weighted by molar-refractivity contribution is 5.74. The predicted octanol–water partition coefficient (Wildman–Crippen LogP) is 10.4. The van der Waals surface area contributed by atoms with Crippen molar-refractivity contribution >= 4 is 5.57 Å². The van der Waals surface area contributed by atoms with E-state index in [0.717, 1.165) is 37.2 Å². The summed E-state index contributed by atoms with van der Waals surface area (Å²) in [5.41, 5.74) is 4.05. The topological polar surface area (TPSA) is 9.23 Å². The molecule has 1 atom stereocenters. The van der Waals surface area contributed by atoms with E-state index < -0.39 is 11.6 Å². The standard InChI is InChI=1S/C33H37F3O/c1-3-5-7-8-23-9-11-24(12-10-23)27-17-18-28(30(34)22-27)25-13-15-26(16-14-25)29-19-20-31(33(36)32(29)35)37-21-6-4-2/h11,13-20,22-23H,3-10,12,21H2,1-2H3. The highest BCUT2D eigenvalue weighted by Crippen LogP contribution is 2.36. The minimum absolute atomic E-state index is 0.0754. The number of unbranched alkanes of at least 4 members (excludes halogenated alkanes) is 3. The smallest absolute Gasteiger partial charge is 0.201 e. The first-order valence-corrected chi connectivity index (χ1v) is 13.7. The summed E-state index contributed by atoms with van der Waals surface area (Å²) in [6.45, 7) is 4.59. The molecule has 1 nitrogen and oxygen atoms in total. The molecule has 0 amide bonds. The summed E-state index contributed by atoms with van der Waals surface area (Å²) in [4.78, 5) is 0. The summed E-state index contributed by atoms with van der Waals surface area (Å²) >= 11 is 0. The Kier molecular flexibility index (Phi) is 9.49. The van der Waals surface area contributed by atoms with Crippen molar-refractivity contribution in [3.63, 3.8) is 0 Å². The number of hydrogen-bond acceptors (Lipinski definition) is 1. The van der Waals surface area contributed by atoms with Crippen molar-refractivity contribution in [3.8, 4) is 28.0 Å². The Morgan fingerprint density at radius 3 is 2.08 bits per heavy atom. The van der Waals surface area contributed by atoms with Crippen LogP contribution in [0, 0.1) is 23.4 Å². The molecule has 0 aromatic heterocycles. The quantitative estimate of drug-likeness (QED) is 0.235. The SMILES string of the molecule is CCCCCC1CC=C(c2ccc(-c3ccc(-c4ccc(OCCCC)c(F)c4F)cc3)c(F)c2)CC1. The lowest BCUT2D eigenvalue weighted by atomic mass is 9.83. The Balaban J connectivity index is 1.46. The van der Waals surface area contributed by atoms with Crippen LogP contribution in [-0.2, 0) is 0 Å². The maximum atomic E-state index is 15.1. The number of halogens is 3. The van der Waals surface area contributed by atoms with Crippen LogP contribution in [0.1, 0.15) is 77.2 Å². The molecule has 3 aromatic rings. The van der Waals surface area contributed by atoms with Gasteiger partial charge in [-0.2, -0.15) is 4.39 Å².